The van der Waals surface area contributed by atoms with Crippen molar-refractivity contribution in [3.63, 3.8) is 0 Å². The summed E-state index contributed by atoms with van der Waals surface area (Å²) in [6.07, 6.45) is 4.77. The highest BCUT2D eigenvalue weighted by Gasteiger charge is 2.41. The summed E-state index contributed by atoms with van der Waals surface area (Å²) >= 11 is 0. The predicted octanol–water partition coefficient (Wildman–Crippen LogP) is 2.69. The molecule has 12 heteroatoms. The molecule has 0 saturated carbocycles. The van der Waals surface area contributed by atoms with Crippen LogP contribution in [0.25, 0.3) is 0 Å². The van der Waals surface area contributed by atoms with Crippen LogP contribution in [0.3, 0.4) is 0 Å². The number of hydrogen-bond acceptors (Lipinski definition) is 7. The third kappa shape index (κ3) is 5.80. The second-order valence-electron chi connectivity index (χ2n) is 6.68. The summed E-state index contributed by atoms with van der Waals surface area (Å²) < 4.78 is 4.89. The van der Waals surface area contributed by atoms with Crippen LogP contribution in [0.2, 0.25) is 0 Å². The fourth-order valence-electron chi connectivity index (χ4n) is 3.14. The standard InChI is InChI=1S/C20H22O12/c1-2-3-4-5-6-7-8-32-20(31)14-12(18(27)28)10(16(23)24)9(15(21)22)11(17(25)26)13(14)19(29)30/h2-8H2,1H3,(H,21,22)(H,23,24)(H,25,26)(H,27,28)(H,29,30). The lowest BCUT2D eigenvalue weighted by molar-refractivity contribution is 0.0474. The Balaban J connectivity index is 3.65. The number of carbonyl (C=O) groups excluding carboxylic acids is 1. The highest BCUT2D eigenvalue weighted by atomic mass is 16.5. The van der Waals surface area contributed by atoms with Gasteiger partial charge in [0.1, 0.15) is 0 Å². The Labute approximate surface area is 181 Å². The normalized spacial score (nSPS) is 10.4. The molecule has 1 aromatic rings. The molecule has 0 amide bonds. The van der Waals surface area contributed by atoms with Crippen LogP contribution < -0.4 is 0 Å². The van der Waals surface area contributed by atoms with E-state index in [0.29, 0.717) is 12.8 Å². The molecule has 0 aliphatic carbocycles. The average Bonchev–Trinajstić information content (AvgIpc) is 2.69. The number of carboxylic acids is 5. The first-order valence-corrected chi connectivity index (χ1v) is 9.54. The molecule has 0 aromatic heterocycles. The summed E-state index contributed by atoms with van der Waals surface area (Å²) in [5.41, 5.74) is -8.98. The number of aromatic carboxylic acids is 5. The van der Waals surface area contributed by atoms with E-state index in [9.17, 15) is 54.3 Å². The fourth-order valence-corrected chi connectivity index (χ4v) is 3.14. The lowest BCUT2D eigenvalue weighted by atomic mass is 9.86. The molecule has 0 aliphatic rings. The maximum absolute atomic E-state index is 12.6. The summed E-state index contributed by atoms with van der Waals surface area (Å²) in [5, 5.41) is 47.0. The highest BCUT2D eigenvalue weighted by Crippen LogP contribution is 2.30. The Morgan fingerprint density at radius 2 is 0.844 bits per heavy atom. The van der Waals surface area contributed by atoms with Gasteiger partial charge in [-0.1, -0.05) is 39.0 Å². The van der Waals surface area contributed by atoms with Gasteiger partial charge in [0.05, 0.1) is 40.0 Å². The van der Waals surface area contributed by atoms with Crippen LogP contribution >= 0.6 is 0 Å². The highest BCUT2D eigenvalue weighted by molar-refractivity contribution is 6.23. The number of rotatable bonds is 13. The van der Waals surface area contributed by atoms with Crippen molar-refractivity contribution in [2.45, 2.75) is 45.4 Å². The zero-order valence-electron chi connectivity index (χ0n) is 17.0. The third-order valence-electron chi connectivity index (χ3n) is 4.50. The Kier molecular flexibility index (Phi) is 9.32. The maximum atomic E-state index is 12.6. The summed E-state index contributed by atoms with van der Waals surface area (Å²) in [6, 6.07) is 0. The van der Waals surface area contributed by atoms with Gasteiger partial charge < -0.3 is 30.3 Å². The summed E-state index contributed by atoms with van der Waals surface area (Å²) in [4.78, 5) is 71.0. The minimum atomic E-state index is -2.20. The van der Waals surface area contributed by atoms with Gasteiger partial charge in [0.25, 0.3) is 0 Å². The van der Waals surface area contributed by atoms with Gasteiger partial charge in [0.15, 0.2) is 0 Å². The minimum Gasteiger partial charge on any atom is -0.478 e. The summed E-state index contributed by atoms with van der Waals surface area (Å²) in [5.74, 6) is -12.4. The van der Waals surface area contributed by atoms with Gasteiger partial charge in [-0.2, -0.15) is 0 Å². The maximum Gasteiger partial charge on any atom is 0.339 e. The van der Waals surface area contributed by atoms with Crippen molar-refractivity contribution in [3.05, 3.63) is 33.4 Å². The molecule has 0 radical (unpaired) electrons. The van der Waals surface area contributed by atoms with Gasteiger partial charge in [-0.05, 0) is 6.42 Å². The fraction of sp³-hybridized carbons (Fsp3) is 0.400. The number of hydrogen-bond donors (Lipinski definition) is 5. The van der Waals surface area contributed by atoms with Crippen molar-refractivity contribution >= 4 is 35.8 Å². The Hall–Kier alpha value is -3.96. The molecule has 1 rings (SSSR count). The second kappa shape index (κ2) is 11.4. The van der Waals surface area contributed by atoms with E-state index in [2.05, 4.69) is 0 Å². The number of carboxylic acid groups (broad SMARTS) is 5. The molecular formula is C20H22O12. The quantitative estimate of drug-likeness (QED) is 0.215. The van der Waals surface area contributed by atoms with Gasteiger partial charge in [0, 0.05) is 0 Å². The first kappa shape index (κ1) is 26.1. The molecule has 0 spiro atoms. The largest absolute Gasteiger partial charge is 0.478 e. The molecule has 32 heavy (non-hydrogen) atoms. The van der Waals surface area contributed by atoms with Crippen LogP contribution in [-0.2, 0) is 4.74 Å². The Morgan fingerprint density at radius 1 is 0.531 bits per heavy atom. The van der Waals surface area contributed by atoms with E-state index in [4.69, 9.17) is 4.74 Å². The van der Waals surface area contributed by atoms with Gasteiger partial charge in [0.2, 0.25) is 0 Å². The SMILES string of the molecule is CCCCCCCCOC(=O)c1c(C(=O)O)c(C(=O)O)c(C(=O)O)c(C(=O)O)c1C(=O)O. The minimum absolute atomic E-state index is 0.269. The summed E-state index contributed by atoms with van der Waals surface area (Å²) in [7, 11) is 0. The molecule has 5 N–H and O–H groups in total. The third-order valence-corrected chi connectivity index (χ3v) is 4.50. The van der Waals surface area contributed by atoms with Crippen molar-refractivity contribution in [2.75, 3.05) is 6.61 Å². The van der Waals surface area contributed by atoms with Crippen LogP contribution in [0.1, 0.15) is 108 Å². The number of ether oxygens (including phenoxy) is 1. The number of benzene rings is 1. The van der Waals surface area contributed by atoms with Gasteiger partial charge in [-0.15, -0.1) is 0 Å². The molecule has 0 saturated heterocycles. The van der Waals surface area contributed by atoms with E-state index in [-0.39, 0.29) is 6.61 Å². The van der Waals surface area contributed by atoms with E-state index in [1.165, 1.54) is 0 Å². The average molecular weight is 454 g/mol. The lowest BCUT2D eigenvalue weighted by Gasteiger charge is -2.17. The van der Waals surface area contributed by atoms with Crippen LogP contribution in [0.15, 0.2) is 0 Å². The first-order chi connectivity index (χ1) is 15.0. The van der Waals surface area contributed by atoms with Gasteiger partial charge >= 0.3 is 35.8 Å². The molecular weight excluding hydrogens is 432 g/mol. The molecule has 0 heterocycles. The zero-order valence-corrected chi connectivity index (χ0v) is 17.0. The molecule has 0 aliphatic heterocycles. The molecule has 0 bridgehead atoms. The van der Waals surface area contributed by atoms with Crippen molar-refractivity contribution in [1.82, 2.24) is 0 Å². The van der Waals surface area contributed by atoms with Crippen LogP contribution in [0.5, 0.6) is 0 Å². The van der Waals surface area contributed by atoms with E-state index in [0.717, 1.165) is 25.7 Å². The van der Waals surface area contributed by atoms with E-state index < -0.39 is 69.2 Å². The number of esters is 1. The van der Waals surface area contributed by atoms with Crippen molar-refractivity contribution < 1.29 is 59.0 Å². The van der Waals surface area contributed by atoms with Crippen LogP contribution in [0.4, 0.5) is 0 Å². The molecule has 0 unspecified atom stereocenters. The number of unbranched alkanes of at least 4 members (excludes halogenated alkanes) is 5. The molecule has 12 nitrogen and oxygen atoms in total. The van der Waals surface area contributed by atoms with Gasteiger partial charge in [-0.3, -0.25) is 0 Å². The molecule has 0 atom stereocenters. The van der Waals surface area contributed by atoms with E-state index >= 15 is 0 Å². The first-order valence-electron chi connectivity index (χ1n) is 9.54. The van der Waals surface area contributed by atoms with Crippen LogP contribution in [0, 0.1) is 0 Å². The zero-order chi connectivity index (χ0) is 24.6. The van der Waals surface area contributed by atoms with E-state index in [1.54, 1.807) is 0 Å². The monoisotopic (exact) mass is 454 g/mol. The number of carbonyl (C=O) groups is 6. The second-order valence-corrected chi connectivity index (χ2v) is 6.68. The van der Waals surface area contributed by atoms with Gasteiger partial charge in [-0.25, -0.2) is 28.8 Å². The lowest BCUT2D eigenvalue weighted by Crippen LogP contribution is -2.28. The smallest absolute Gasteiger partial charge is 0.339 e. The molecule has 1 aromatic carbocycles. The molecule has 0 fully saturated rings. The van der Waals surface area contributed by atoms with E-state index in [1.807, 2.05) is 6.92 Å². The predicted molar refractivity (Wildman–Crippen MR) is 105 cm³/mol. The van der Waals surface area contributed by atoms with Crippen LogP contribution in [-0.4, -0.2) is 68.0 Å². The van der Waals surface area contributed by atoms with Crippen molar-refractivity contribution in [1.29, 1.82) is 0 Å². The Morgan fingerprint density at radius 3 is 1.19 bits per heavy atom. The topological polar surface area (TPSA) is 213 Å². The van der Waals surface area contributed by atoms with Crippen molar-refractivity contribution in [3.8, 4) is 0 Å². The van der Waals surface area contributed by atoms with Crippen molar-refractivity contribution in [2.24, 2.45) is 0 Å². The molecule has 174 valence electrons. The summed E-state index contributed by atoms with van der Waals surface area (Å²) in [6.45, 7) is 1.75. The Bertz CT molecular complexity index is 907.